The van der Waals surface area contributed by atoms with Gasteiger partial charge in [-0.2, -0.15) is 11.8 Å². The average Bonchev–Trinajstić information content (AvgIpc) is 3.43. The number of H-pyrrole nitrogens is 1. The maximum atomic E-state index is 12.7. The van der Waals surface area contributed by atoms with Crippen LogP contribution in [0.4, 0.5) is 5.69 Å². The van der Waals surface area contributed by atoms with Gasteiger partial charge in [-0.15, -0.1) is 0 Å². The summed E-state index contributed by atoms with van der Waals surface area (Å²) in [4.78, 5) is 30.6. The quantitative estimate of drug-likeness (QED) is 0.229. The van der Waals surface area contributed by atoms with E-state index in [0.29, 0.717) is 17.7 Å². The van der Waals surface area contributed by atoms with E-state index < -0.39 is 0 Å². The van der Waals surface area contributed by atoms with Crippen molar-refractivity contribution in [2.45, 2.75) is 47.3 Å². The molecule has 0 saturated heterocycles. The fraction of sp³-hybridized carbons (Fsp3) is 0.375. The zero-order valence-corrected chi connectivity index (χ0v) is 26.4. The molecule has 0 unspecified atom stereocenters. The highest BCUT2D eigenvalue weighted by molar-refractivity contribution is 7.97. The number of amides is 2. The van der Waals surface area contributed by atoms with Crippen molar-refractivity contribution in [1.82, 2.24) is 15.2 Å². The molecule has 0 radical (unpaired) electrons. The third-order valence-corrected chi connectivity index (χ3v) is 7.41. The number of fused-ring (bicyclic) bond motifs is 1. The number of aromatic amines is 1. The maximum absolute atomic E-state index is 12.7. The predicted octanol–water partition coefficient (Wildman–Crippen LogP) is 7.43. The molecule has 216 valence electrons. The fourth-order valence-electron chi connectivity index (χ4n) is 4.39. The van der Waals surface area contributed by atoms with Crippen molar-refractivity contribution in [1.29, 1.82) is 0 Å². The Morgan fingerprint density at radius 2 is 1.70 bits per heavy atom. The molecule has 2 amide bonds. The van der Waals surface area contributed by atoms with Crippen LogP contribution in [0.25, 0.3) is 11.6 Å². The summed E-state index contributed by atoms with van der Waals surface area (Å²) in [5.41, 5.74) is 6.72. The Balaban J connectivity index is 0.000000391. The Bertz CT molecular complexity index is 1280. The number of carbonyl (C=O) groups is 2. The lowest BCUT2D eigenvalue weighted by Crippen LogP contribution is -2.35. The second kappa shape index (κ2) is 17.0. The highest BCUT2D eigenvalue weighted by atomic mass is 35.5. The van der Waals surface area contributed by atoms with Crippen LogP contribution in [0.5, 0.6) is 0 Å². The molecule has 0 atom stereocenters. The number of hydrogen-bond acceptors (Lipinski definition) is 4. The van der Waals surface area contributed by atoms with Gasteiger partial charge in [-0.3, -0.25) is 9.59 Å². The molecule has 6 nitrogen and oxygen atoms in total. The zero-order valence-electron chi connectivity index (χ0n) is 24.8. The average molecular weight is 583 g/mol. The number of aryl methyl sites for hydroxylation is 1. The van der Waals surface area contributed by atoms with E-state index in [0.717, 1.165) is 58.6 Å². The van der Waals surface area contributed by atoms with Gasteiger partial charge in [0, 0.05) is 46.5 Å². The summed E-state index contributed by atoms with van der Waals surface area (Å²) in [6, 6.07) is 15.6. The molecule has 4 rings (SSSR count). The Morgan fingerprint density at radius 1 is 1.05 bits per heavy atom. The van der Waals surface area contributed by atoms with Crippen molar-refractivity contribution < 1.29 is 9.59 Å². The largest absolute Gasteiger partial charge is 0.358 e. The van der Waals surface area contributed by atoms with Crippen LogP contribution in [0, 0.1) is 13.8 Å². The fourth-order valence-corrected chi connectivity index (χ4v) is 5.04. The van der Waals surface area contributed by atoms with Gasteiger partial charge >= 0.3 is 0 Å². The first kappa shape index (κ1) is 33.2. The van der Waals surface area contributed by atoms with Gasteiger partial charge in [-0.05, 0) is 68.6 Å². The van der Waals surface area contributed by atoms with Gasteiger partial charge in [0.15, 0.2) is 0 Å². The lowest BCUT2D eigenvalue weighted by atomic mass is 10.0. The van der Waals surface area contributed by atoms with E-state index in [1.165, 1.54) is 5.56 Å². The van der Waals surface area contributed by atoms with Crippen LogP contribution in [-0.4, -0.2) is 54.1 Å². The van der Waals surface area contributed by atoms with E-state index >= 15 is 0 Å². The van der Waals surface area contributed by atoms with Crippen LogP contribution in [0.15, 0.2) is 48.5 Å². The molecule has 0 spiro atoms. The van der Waals surface area contributed by atoms with Crippen molar-refractivity contribution in [3.63, 3.8) is 0 Å². The van der Waals surface area contributed by atoms with Crippen LogP contribution in [0.3, 0.4) is 0 Å². The standard InChI is InChI=1S/C22H28N4O2.C8H9ClS.C2H6/c1-5-26(6-2)12-11-23-22(28)20-14(3)19(24-15(20)4)13-17-16-9-7-8-10-18(16)25-21(17)27;1-10-6-7-2-4-8(9)5-3-7;1-2/h7-10,13,24H,5-6,11-12H2,1-4H3,(H,23,28)(H,25,27);2-5H,6H2,1H3;1-2H3/b17-13-;;. The van der Waals surface area contributed by atoms with Crippen molar-refractivity contribution in [3.05, 3.63) is 87.2 Å². The summed E-state index contributed by atoms with van der Waals surface area (Å²) >= 11 is 7.52. The van der Waals surface area contributed by atoms with Crippen LogP contribution in [0.1, 0.15) is 66.1 Å². The predicted molar refractivity (Wildman–Crippen MR) is 173 cm³/mol. The first-order chi connectivity index (χ1) is 19.3. The highest BCUT2D eigenvalue weighted by Crippen LogP contribution is 2.33. The van der Waals surface area contributed by atoms with Crippen molar-refractivity contribution in [2.75, 3.05) is 37.8 Å². The molecule has 1 aromatic heterocycles. The van der Waals surface area contributed by atoms with E-state index in [9.17, 15) is 9.59 Å². The molecule has 0 aliphatic carbocycles. The van der Waals surface area contributed by atoms with Crippen molar-refractivity contribution in [2.24, 2.45) is 0 Å². The summed E-state index contributed by atoms with van der Waals surface area (Å²) < 4.78 is 0. The number of anilines is 1. The first-order valence-electron chi connectivity index (χ1n) is 13.8. The van der Waals surface area contributed by atoms with E-state index in [4.69, 9.17) is 11.6 Å². The van der Waals surface area contributed by atoms with Crippen LogP contribution >= 0.6 is 23.4 Å². The molecule has 40 heavy (non-hydrogen) atoms. The minimum absolute atomic E-state index is 0.0840. The Morgan fingerprint density at radius 3 is 2.33 bits per heavy atom. The number of halogens is 1. The van der Waals surface area contributed by atoms with Crippen LogP contribution in [-0.2, 0) is 10.5 Å². The zero-order chi connectivity index (χ0) is 29.7. The Hall–Kier alpha value is -3.00. The molecule has 3 aromatic rings. The van der Waals surface area contributed by atoms with Crippen molar-refractivity contribution >= 4 is 52.5 Å². The summed E-state index contributed by atoms with van der Waals surface area (Å²) in [5.74, 6) is 0.856. The van der Waals surface area contributed by atoms with Crippen molar-refractivity contribution in [3.8, 4) is 0 Å². The second-order valence-electron chi connectivity index (χ2n) is 9.06. The number of thioether (sulfide) groups is 1. The lowest BCUT2D eigenvalue weighted by molar-refractivity contribution is -0.110. The van der Waals surface area contributed by atoms with Crippen LogP contribution < -0.4 is 10.6 Å². The molecule has 1 aliphatic heterocycles. The minimum atomic E-state index is -0.127. The number of hydrogen-bond donors (Lipinski definition) is 3. The van der Waals surface area contributed by atoms with Gasteiger partial charge < -0.3 is 20.5 Å². The number of carbonyl (C=O) groups excluding carboxylic acids is 2. The number of likely N-dealkylation sites (N-methyl/N-ethyl adjacent to an activating group) is 1. The Labute approximate surface area is 249 Å². The maximum Gasteiger partial charge on any atom is 0.256 e. The van der Waals surface area contributed by atoms with Gasteiger partial charge in [-0.1, -0.05) is 69.6 Å². The van der Waals surface area contributed by atoms with Gasteiger partial charge in [-0.25, -0.2) is 0 Å². The van der Waals surface area contributed by atoms with Gasteiger partial charge in [0.1, 0.15) is 0 Å². The van der Waals surface area contributed by atoms with E-state index in [1.54, 1.807) is 0 Å². The number of para-hydroxylation sites is 1. The molecule has 1 aliphatic rings. The topological polar surface area (TPSA) is 77.2 Å². The molecule has 0 saturated carbocycles. The summed E-state index contributed by atoms with van der Waals surface area (Å²) in [6.45, 7) is 15.4. The molecule has 2 heterocycles. The summed E-state index contributed by atoms with van der Waals surface area (Å²) in [6.07, 6.45) is 3.92. The molecule has 2 aromatic carbocycles. The van der Waals surface area contributed by atoms with Gasteiger partial charge in [0.2, 0.25) is 0 Å². The summed E-state index contributed by atoms with van der Waals surface area (Å²) in [7, 11) is 0. The van der Waals surface area contributed by atoms with E-state index in [-0.39, 0.29) is 11.8 Å². The SMILES string of the molecule is CC.CCN(CC)CCNC(=O)c1c(C)[nH]c(/C=C2\C(=O)Nc3ccccc32)c1C.CSCc1ccc(Cl)cc1. The lowest BCUT2D eigenvalue weighted by Gasteiger charge is -2.18. The van der Waals surface area contributed by atoms with E-state index in [1.807, 2.05) is 81.9 Å². The highest BCUT2D eigenvalue weighted by Gasteiger charge is 2.25. The first-order valence-corrected chi connectivity index (χ1v) is 15.6. The minimum Gasteiger partial charge on any atom is -0.358 e. The smallest absolute Gasteiger partial charge is 0.256 e. The normalized spacial score (nSPS) is 12.7. The molecule has 8 heteroatoms. The third kappa shape index (κ3) is 9.01. The van der Waals surface area contributed by atoms with E-state index in [2.05, 4.69) is 52.8 Å². The number of nitrogens with zero attached hydrogens (tertiary/aromatic N) is 1. The Kier molecular flexibility index (Phi) is 14.1. The van der Waals surface area contributed by atoms with Crippen LogP contribution in [0.2, 0.25) is 5.02 Å². The monoisotopic (exact) mass is 582 g/mol. The number of nitrogens with one attached hydrogen (secondary N) is 3. The van der Waals surface area contributed by atoms with Gasteiger partial charge in [0.05, 0.1) is 11.1 Å². The number of aromatic nitrogens is 1. The third-order valence-electron chi connectivity index (χ3n) is 6.53. The molecule has 3 N–H and O–H groups in total. The number of rotatable bonds is 9. The second-order valence-corrected chi connectivity index (χ2v) is 10.4. The molecular weight excluding hydrogens is 540 g/mol. The molecular formula is C32H43ClN4O2S. The molecule has 0 fully saturated rings. The summed E-state index contributed by atoms with van der Waals surface area (Å²) in [5, 5.41) is 6.70. The number of benzene rings is 2. The van der Waals surface area contributed by atoms with Gasteiger partial charge in [0.25, 0.3) is 11.8 Å². The molecule has 0 bridgehead atoms.